The van der Waals surface area contributed by atoms with Crippen molar-refractivity contribution in [2.24, 2.45) is 0 Å². The molecular formula is C26H30N4O3. The van der Waals surface area contributed by atoms with E-state index in [2.05, 4.69) is 40.7 Å². The molecule has 0 saturated carbocycles. The maximum Gasteiger partial charge on any atom is 0.267 e. The standard InChI is InChI=1S/C26H30N4O3/c1-20-24(19-21-6-3-2-4-7-21)27-26(30(20)13-12-29-14-16-33-17-15-29)23-9-5-8-22(18-23)10-11-25(31)28-32/h2-11,18,32H,12-17,19H2,1H3,(H,28,31). The van der Waals surface area contributed by atoms with Crippen molar-refractivity contribution in [3.8, 4) is 11.4 Å². The number of carbonyl (C=O) groups is 1. The quantitative estimate of drug-likeness (QED) is 0.315. The van der Waals surface area contributed by atoms with Gasteiger partial charge in [0.15, 0.2) is 0 Å². The first kappa shape index (κ1) is 22.9. The number of hydrogen-bond acceptors (Lipinski definition) is 5. The van der Waals surface area contributed by atoms with Crippen LogP contribution in [0.25, 0.3) is 17.5 Å². The molecule has 1 saturated heterocycles. The normalized spacial score (nSPS) is 14.6. The third kappa shape index (κ3) is 5.96. The number of amides is 1. The molecule has 0 bridgehead atoms. The summed E-state index contributed by atoms with van der Waals surface area (Å²) in [5.74, 6) is 0.363. The van der Waals surface area contributed by atoms with Gasteiger partial charge < -0.3 is 9.30 Å². The number of rotatable bonds is 8. The van der Waals surface area contributed by atoms with Crippen LogP contribution in [0.1, 0.15) is 22.5 Å². The molecule has 0 aliphatic carbocycles. The van der Waals surface area contributed by atoms with Gasteiger partial charge in [-0.25, -0.2) is 10.5 Å². The molecule has 1 aliphatic rings. The summed E-state index contributed by atoms with van der Waals surface area (Å²) < 4.78 is 7.79. The summed E-state index contributed by atoms with van der Waals surface area (Å²) >= 11 is 0. The second kappa shape index (κ2) is 11.0. The van der Waals surface area contributed by atoms with Crippen LogP contribution in [0.2, 0.25) is 0 Å². The van der Waals surface area contributed by atoms with E-state index in [0.29, 0.717) is 0 Å². The molecule has 1 aliphatic heterocycles. The van der Waals surface area contributed by atoms with Crippen molar-refractivity contribution in [3.63, 3.8) is 0 Å². The average molecular weight is 447 g/mol. The molecule has 2 aromatic carbocycles. The van der Waals surface area contributed by atoms with E-state index in [1.807, 2.05) is 30.3 Å². The molecule has 1 fully saturated rings. The first-order chi connectivity index (χ1) is 16.1. The summed E-state index contributed by atoms with van der Waals surface area (Å²) in [6.07, 6.45) is 3.75. The number of nitrogens with zero attached hydrogens (tertiary/aromatic N) is 3. The molecule has 1 aromatic heterocycles. The second-order valence-corrected chi connectivity index (χ2v) is 8.17. The predicted molar refractivity (Wildman–Crippen MR) is 128 cm³/mol. The molecule has 7 nitrogen and oxygen atoms in total. The van der Waals surface area contributed by atoms with Gasteiger partial charge in [-0.15, -0.1) is 0 Å². The SMILES string of the molecule is Cc1c(Cc2ccccc2)nc(-c2cccc(C=CC(=O)NO)c2)n1CCN1CCOCC1. The van der Waals surface area contributed by atoms with Crippen LogP contribution in [-0.2, 0) is 22.5 Å². The van der Waals surface area contributed by atoms with E-state index in [1.165, 1.54) is 17.3 Å². The highest BCUT2D eigenvalue weighted by Gasteiger charge is 2.18. The lowest BCUT2D eigenvalue weighted by atomic mass is 10.1. The number of nitrogens with one attached hydrogen (secondary N) is 1. The van der Waals surface area contributed by atoms with Gasteiger partial charge >= 0.3 is 0 Å². The first-order valence-electron chi connectivity index (χ1n) is 11.3. The van der Waals surface area contributed by atoms with Crippen LogP contribution in [0.15, 0.2) is 60.7 Å². The number of carbonyl (C=O) groups excluding carboxylic acids is 1. The van der Waals surface area contributed by atoms with Crippen LogP contribution in [0.4, 0.5) is 0 Å². The number of aromatic nitrogens is 2. The molecule has 1 amide bonds. The Kier molecular flexibility index (Phi) is 7.67. The van der Waals surface area contributed by atoms with Crippen molar-refractivity contribution in [1.82, 2.24) is 19.9 Å². The third-order valence-electron chi connectivity index (χ3n) is 5.96. The van der Waals surface area contributed by atoms with Gasteiger partial charge in [0.25, 0.3) is 5.91 Å². The molecule has 33 heavy (non-hydrogen) atoms. The lowest BCUT2D eigenvalue weighted by Gasteiger charge is -2.27. The smallest absolute Gasteiger partial charge is 0.267 e. The van der Waals surface area contributed by atoms with E-state index in [0.717, 1.165) is 68.5 Å². The molecule has 7 heteroatoms. The van der Waals surface area contributed by atoms with Crippen molar-refractivity contribution in [2.75, 3.05) is 32.8 Å². The molecule has 0 unspecified atom stereocenters. The molecule has 172 valence electrons. The molecule has 2 heterocycles. The van der Waals surface area contributed by atoms with Gasteiger partial charge in [-0.2, -0.15) is 0 Å². The van der Waals surface area contributed by atoms with Crippen LogP contribution in [0, 0.1) is 6.92 Å². The number of hydroxylamine groups is 1. The van der Waals surface area contributed by atoms with Crippen LogP contribution in [0.5, 0.6) is 0 Å². The molecule has 0 spiro atoms. The maximum atomic E-state index is 11.4. The van der Waals surface area contributed by atoms with Gasteiger partial charge in [0.2, 0.25) is 0 Å². The van der Waals surface area contributed by atoms with Crippen molar-refractivity contribution < 1.29 is 14.7 Å². The molecule has 0 radical (unpaired) electrons. The summed E-state index contributed by atoms with van der Waals surface area (Å²) in [7, 11) is 0. The third-order valence-corrected chi connectivity index (χ3v) is 5.96. The predicted octanol–water partition coefficient (Wildman–Crippen LogP) is 3.30. The highest BCUT2D eigenvalue weighted by molar-refractivity contribution is 5.91. The lowest BCUT2D eigenvalue weighted by Crippen LogP contribution is -2.38. The number of benzene rings is 2. The fourth-order valence-corrected chi connectivity index (χ4v) is 4.09. The second-order valence-electron chi connectivity index (χ2n) is 8.17. The van der Waals surface area contributed by atoms with E-state index >= 15 is 0 Å². The Morgan fingerprint density at radius 2 is 1.91 bits per heavy atom. The summed E-state index contributed by atoms with van der Waals surface area (Å²) in [5, 5.41) is 8.73. The van der Waals surface area contributed by atoms with Crippen LogP contribution >= 0.6 is 0 Å². The van der Waals surface area contributed by atoms with E-state index in [4.69, 9.17) is 14.9 Å². The Bertz CT molecular complexity index is 1100. The average Bonchev–Trinajstić information content (AvgIpc) is 3.17. The van der Waals surface area contributed by atoms with Crippen molar-refractivity contribution in [1.29, 1.82) is 0 Å². The van der Waals surface area contributed by atoms with E-state index in [9.17, 15) is 4.79 Å². The lowest BCUT2D eigenvalue weighted by molar-refractivity contribution is -0.124. The van der Waals surface area contributed by atoms with Crippen LogP contribution in [-0.4, -0.2) is 58.4 Å². The van der Waals surface area contributed by atoms with Gasteiger partial charge in [-0.1, -0.05) is 48.5 Å². The van der Waals surface area contributed by atoms with E-state index < -0.39 is 5.91 Å². The molecular weight excluding hydrogens is 416 g/mol. The highest BCUT2D eigenvalue weighted by Crippen LogP contribution is 2.25. The van der Waals surface area contributed by atoms with E-state index in [-0.39, 0.29) is 0 Å². The van der Waals surface area contributed by atoms with Crippen LogP contribution < -0.4 is 5.48 Å². The van der Waals surface area contributed by atoms with Crippen LogP contribution in [0.3, 0.4) is 0 Å². The molecule has 3 aromatic rings. The Hall–Kier alpha value is -3.26. The van der Waals surface area contributed by atoms with Gasteiger partial charge in [0.05, 0.1) is 18.9 Å². The number of hydrogen-bond donors (Lipinski definition) is 2. The molecule has 0 atom stereocenters. The molecule has 2 N–H and O–H groups in total. The summed E-state index contributed by atoms with van der Waals surface area (Å²) in [6, 6.07) is 18.3. The number of imidazole rings is 1. The summed E-state index contributed by atoms with van der Waals surface area (Å²) in [4.78, 5) is 18.9. The molecule has 4 rings (SSSR count). The largest absolute Gasteiger partial charge is 0.379 e. The summed E-state index contributed by atoms with van der Waals surface area (Å²) in [5.41, 5.74) is 6.94. The van der Waals surface area contributed by atoms with Gasteiger partial charge in [-0.05, 0) is 30.2 Å². The zero-order valence-corrected chi connectivity index (χ0v) is 18.9. The summed E-state index contributed by atoms with van der Waals surface area (Å²) in [6.45, 7) is 7.39. The minimum atomic E-state index is -0.562. The fourth-order valence-electron chi connectivity index (χ4n) is 4.09. The number of morpholine rings is 1. The highest BCUT2D eigenvalue weighted by atomic mass is 16.5. The Balaban J connectivity index is 1.65. The number of ether oxygens (including phenoxy) is 1. The first-order valence-corrected chi connectivity index (χ1v) is 11.3. The minimum absolute atomic E-state index is 0.562. The van der Waals surface area contributed by atoms with E-state index in [1.54, 1.807) is 11.6 Å². The van der Waals surface area contributed by atoms with Crippen molar-refractivity contribution in [2.45, 2.75) is 19.9 Å². The van der Waals surface area contributed by atoms with Gasteiger partial charge in [-0.3, -0.25) is 14.9 Å². The zero-order valence-electron chi connectivity index (χ0n) is 18.9. The van der Waals surface area contributed by atoms with Crippen molar-refractivity contribution >= 4 is 12.0 Å². The van der Waals surface area contributed by atoms with Crippen molar-refractivity contribution in [3.05, 3.63) is 83.2 Å². The topological polar surface area (TPSA) is 79.6 Å². The van der Waals surface area contributed by atoms with Gasteiger partial charge in [0, 0.05) is 49.9 Å². The Morgan fingerprint density at radius 3 is 2.67 bits per heavy atom. The zero-order chi connectivity index (χ0) is 23.0. The fraction of sp³-hybridized carbons (Fsp3) is 0.308. The maximum absolute atomic E-state index is 11.4. The monoisotopic (exact) mass is 446 g/mol. The minimum Gasteiger partial charge on any atom is -0.379 e. The Morgan fingerprint density at radius 1 is 1.12 bits per heavy atom. The van der Waals surface area contributed by atoms with Gasteiger partial charge in [0.1, 0.15) is 5.82 Å². The Labute approximate surface area is 194 Å².